The van der Waals surface area contributed by atoms with Crippen molar-refractivity contribution in [3.8, 4) is 5.69 Å². The second kappa shape index (κ2) is 6.16. The van der Waals surface area contributed by atoms with Crippen molar-refractivity contribution < 1.29 is 9.53 Å². The summed E-state index contributed by atoms with van der Waals surface area (Å²) in [5.41, 5.74) is 2.06. The zero-order valence-electron chi connectivity index (χ0n) is 13.1. The number of carbonyl (C=O) groups is 1. The molecule has 23 heavy (non-hydrogen) atoms. The van der Waals surface area contributed by atoms with Crippen LogP contribution in [0.2, 0.25) is 0 Å². The highest BCUT2D eigenvalue weighted by molar-refractivity contribution is 5.79. The predicted molar refractivity (Wildman–Crippen MR) is 86.4 cm³/mol. The van der Waals surface area contributed by atoms with E-state index >= 15 is 0 Å². The van der Waals surface area contributed by atoms with Gasteiger partial charge in [-0.3, -0.25) is 4.79 Å². The maximum absolute atomic E-state index is 12.7. The van der Waals surface area contributed by atoms with Crippen LogP contribution in [0.25, 0.3) is 5.69 Å². The van der Waals surface area contributed by atoms with E-state index < -0.39 is 0 Å². The highest BCUT2D eigenvalue weighted by atomic mass is 16.5. The van der Waals surface area contributed by atoms with Gasteiger partial charge in [-0.2, -0.15) is 5.10 Å². The van der Waals surface area contributed by atoms with E-state index in [-0.39, 0.29) is 12.0 Å². The Hall–Kier alpha value is -2.14. The lowest BCUT2D eigenvalue weighted by molar-refractivity contribution is -0.143. The molecule has 1 amide bonds. The van der Waals surface area contributed by atoms with Crippen LogP contribution < -0.4 is 0 Å². The zero-order chi connectivity index (χ0) is 15.6. The fraction of sp³-hybridized carbons (Fsp3) is 0.444. The number of carbonyl (C=O) groups excluding carboxylic acids is 1. The van der Waals surface area contributed by atoms with Gasteiger partial charge in [0, 0.05) is 18.9 Å². The summed E-state index contributed by atoms with van der Waals surface area (Å²) in [5.74, 6) is 0.219. The minimum Gasteiger partial charge on any atom is -0.374 e. The zero-order valence-corrected chi connectivity index (χ0v) is 13.1. The van der Waals surface area contributed by atoms with Crippen LogP contribution in [0.15, 0.2) is 42.7 Å². The number of hydrogen-bond donors (Lipinski definition) is 0. The van der Waals surface area contributed by atoms with Gasteiger partial charge < -0.3 is 9.64 Å². The van der Waals surface area contributed by atoms with Gasteiger partial charge in [0.15, 0.2) is 0 Å². The molecule has 2 aliphatic rings. The lowest BCUT2D eigenvalue weighted by Crippen LogP contribution is -2.51. The summed E-state index contributed by atoms with van der Waals surface area (Å²) in [5, 5.41) is 4.21. The normalized spacial score (nSPS) is 23.7. The molecule has 1 saturated heterocycles. The van der Waals surface area contributed by atoms with Crippen molar-refractivity contribution in [1.29, 1.82) is 0 Å². The third kappa shape index (κ3) is 2.88. The minimum absolute atomic E-state index is 0.219. The molecule has 5 nitrogen and oxygen atoms in total. The fourth-order valence-electron chi connectivity index (χ4n) is 3.70. The fourth-order valence-corrected chi connectivity index (χ4v) is 3.70. The van der Waals surface area contributed by atoms with Crippen LogP contribution in [-0.4, -0.2) is 45.9 Å². The maximum Gasteiger partial charge on any atom is 0.227 e. The van der Waals surface area contributed by atoms with Gasteiger partial charge >= 0.3 is 0 Å². The monoisotopic (exact) mass is 311 g/mol. The number of amides is 1. The molecule has 0 bridgehead atoms. The Morgan fingerprint density at radius 1 is 1.26 bits per heavy atom. The van der Waals surface area contributed by atoms with Crippen LogP contribution >= 0.6 is 0 Å². The first kappa shape index (κ1) is 14.5. The van der Waals surface area contributed by atoms with Crippen LogP contribution in [0.4, 0.5) is 0 Å². The van der Waals surface area contributed by atoms with E-state index in [9.17, 15) is 4.79 Å². The van der Waals surface area contributed by atoms with Gasteiger partial charge in [0.05, 0.1) is 30.9 Å². The van der Waals surface area contributed by atoms with Crippen LogP contribution in [0.1, 0.15) is 24.8 Å². The Kier molecular flexibility index (Phi) is 3.87. The van der Waals surface area contributed by atoms with Crippen molar-refractivity contribution in [1.82, 2.24) is 14.7 Å². The molecule has 1 aromatic carbocycles. The third-order valence-corrected chi connectivity index (χ3v) is 4.86. The van der Waals surface area contributed by atoms with Gasteiger partial charge in [0.1, 0.15) is 0 Å². The molecular weight excluding hydrogens is 290 g/mol. The van der Waals surface area contributed by atoms with Crippen molar-refractivity contribution in [2.24, 2.45) is 0 Å². The number of aromatic nitrogens is 2. The summed E-state index contributed by atoms with van der Waals surface area (Å²) in [6.07, 6.45) is 7.72. The first-order valence-corrected chi connectivity index (χ1v) is 8.31. The largest absolute Gasteiger partial charge is 0.374 e. The number of benzene rings is 1. The van der Waals surface area contributed by atoms with Gasteiger partial charge in [-0.15, -0.1) is 0 Å². The highest BCUT2D eigenvalue weighted by Crippen LogP contribution is 2.30. The Labute approximate surface area is 135 Å². The average molecular weight is 311 g/mol. The van der Waals surface area contributed by atoms with Gasteiger partial charge in [0.25, 0.3) is 0 Å². The van der Waals surface area contributed by atoms with Crippen LogP contribution in [0.3, 0.4) is 0 Å². The van der Waals surface area contributed by atoms with E-state index in [4.69, 9.17) is 4.74 Å². The minimum atomic E-state index is 0.219. The summed E-state index contributed by atoms with van der Waals surface area (Å²) in [4.78, 5) is 14.7. The van der Waals surface area contributed by atoms with E-state index in [1.807, 2.05) is 46.1 Å². The van der Waals surface area contributed by atoms with E-state index in [0.717, 1.165) is 37.1 Å². The van der Waals surface area contributed by atoms with Crippen molar-refractivity contribution in [3.05, 3.63) is 48.3 Å². The number of rotatable bonds is 3. The van der Waals surface area contributed by atoms with Crippen LogP contribution in [-0.2, 0) is 16.0 Å². The molecule has 0 N–H and O–H groups in total. The van der Waals surface area contributed by atoms with Crippen molar-refractivity contribution in [3.63, 3.8) is 0 Å². The van der Waals surface area contributed by atoms with Gasteiger partial charge in [-0.25, -0.2) is 4.68 Å². The second-order valence-corrected chi connectivity index (χ2v) is 6.29. The molecule has 4 rings (SSSR count). The molecule has 1 aliphatic carbocycles. The number of nitrogens with zero attached hydrogens (tertiary/aromatic N) is 3. The Balaban J connectivity index is 1.44. The first-order chi connectivity index (χ1) is 11.3. The van der Waals surface area contributed by atoms with E-state index in [1.165, 1.54) is 0 Å². The summed E-state index contributed by atoms with van der Waals surface area (Å²) in [6.45, 7) is 1.40. The third-order valence-electron chi connectivity index (χ3n) is 4.86. The lowest BCUT2D eigenvalue weighted by atomic mass is 10.1. The quantitative estimate of drug-likeness (QED) is 0.873. The molecule has 2 atom stereocenters. The molecule has 0 spiro atoms. The second-order valence-electron chi connectivity index (χ2n) is 6.29. The first-order valence-electron chi connectivity index (χ1n) is 8.31. The number of ether oxygens (including phenoxy) is 1. The molecule has 2 heterocycles. The topological polar surface area (TPSA) is 47.4 Å². The number of hydrogen-bond acceptors (Lipinski definition) is 3. The molecule has 0 radical (unpaired) electrons. The summed E-state index contributed by atoms with van der Waals surface area (Å²) >= 11 is 0. The number of fused-ring (bicyclic) bond motifs is 1. The standard InChI is InChI=1S/C18H21N3O2/c22-18(20-11-12-23-17-4-1-3-16(17)20)13-14-5-7-15(8-6-14)21-10-2-9-19-21/h2,5-10,16-17H,1,3-4,11-13H2/t16-,17-/m1/s1. The summed E-state index contributed by atoms with van der Waals surface area (Å²) in [6, 6.07) is 10.2. The van der Waals surface area contributed by atoms with Gasteiger partial charge in [0.2, 0.25) is 5.91 Å². The lowest BCUT2D eigenvalue weighted by Gasteiger charge is -2.37. The number of morpholine rings is 1. The van der Waals surface area contributed by atoms with Crippen LogP contribution in [0.5, 0.6) is 0 Å². The van der Waals surface area contributed by atoms with Crippen molar-refractivity contribution in [2.75, 3.05) is 13.2 Å². The molecule has 120 valence electrons. The maximum atomic E-state index is 12.7. The van der Waals surface area contributed by atoms with E-state index in [0.29, 0.717) is 19.1 Å². The van der Waals surface area contributed by atoms with E-state index in [1.54, 1.807) is 6.20 Å². The molecule has 1 aromatic heterocycles. The smallest absolute Gasteiger partial charge is 0.227 e. The molecule has 5 heteroatoms. The molecule has 0 unspecified atom stereocenters. The Morgan fingerprint density at radius 2 is 2.13 bits per heavy atom. The molecule has 1 aliphatic heterocycles. The summed E-state index contributed by atoms with van der Waals surface area (Å²) < 4.78 is 7.60. The molecular formula is C18H21N3O2. The summed E-state index contributed by atoms with van der Waals surface area (Å²) in [7, 11) is 0. The van der Waals surface area contributed by atoms with Crippen LogP contribution in [0, 0.1) is 0 Å². The Morgan fingerprint density at radius 3 is 2.91 bits per heavy atom. The Bertz CT molecular complexity index is 666. The highest BCUT2D eigenvalue weighted by Gasteiger charge is 2.38. The molecule has 2 aromatic rings. The van der Waals surface area contributed by atoms with Crippen molar-refractivity contribution in [2.45, 2.75) is 37.8 Å². The van der Waals surface area contributed by atoms with Gasteiger partial charge in [-0.05, 0) is 43.0 Å². The SMILES string of the molecule is O=C(Cc1ccc(-n2cccn2)cc1)N1CCO[C@@H]2CCC[C@H]21. The van der Waals surface area contributed by atoms with E-state index in [2.05, 4.69) is 5.10 Å². The van der Waals surface area contributed by atoms with Gasteiger partial charge in [-0.1, -0.05) is 12.1 Å². The molecule has 1 saturated carbocycles. The average Bonchev–Trinajstić information content (AvgIpc) is 3.26. The predicted octanol–water partition coefficient (Wildman–Crippen LogP) is 2.19. The molecule has 2 fully saturated rings. The van der Waals surface area contributed by atoms with Crippen molar-refractivity contribution >= 4 is 5.91 Å².